The Morgan fingerprint density at radius 2 is 2.00 bits per heavy atom. The Morgan fingerprint density at radius 1 is 1.14 bits per heavy atom. The average molecular weight is 282 g/mol. The fourth-order valence-corrected chi connectivity index (χ4v) is 2.29. The number of aromatic amines is 1. The molecule has 3 rings (SSSR count). The predicted octanol–water partition coefficient (Wildman–Crippen LogP) is 2.22. The zero-order chi connectivity index (χ0) is 14.5. The number of aliphatic hydroxyl groups excluding tert-OH is 1. The molecule has 0 bridgehead atoms. The van der Waals surface area contributed by atoms with Gasteiger partial charge in [0.05, 0.1) is 11.0 Å². The highest BCUT2D eigenvalue weighted by molar-refractivity contribution is 5.77. The lowest BCUT2D eigenvalue weighted by atomic mass is 10.0. The van der Waals surface area contributed by atoms with Gasteiger partial charge in [-0.25, -0.2) is 4.98 Å². The minimum atomic E-state index is 0.105. The highest BCUT2D eigenvalue weighted by Crippen LogP contribution is 2.14. The Kier molecular flexibility index (Phi) is 4.12. The number of pyridine rings is 1. The van der Waals surface area contributed by atoms with E-state index in [4.69, 9.17) is 0 Å². The van der Waals surface area contributed by atoms with Crippen LogP contribution >= 0.6 is 0 Å². The summed E-state index contributed by atoms with van der Waals surface area (Å²) in [5.41, 5.74) is 2.93. The predicted molar refractivity (Wildman–Crippen MR) is 83.1 cm³/mol. The molecule has 0 saturated heterocycles. The zero-order valence-corrected chi connectivity index (χ0v) is 11.7. The third-order valence-electron chi connectivity index (χ3n) is 3.43. The number of para-hydroxylation sites is 2. The van der Waals surface area contributed by atoms with Crippen molar-refractivity contribution >= 4 is 17.0 Å². The molecule has 5 heteroatoms. The smallest absolute Gasteiger partial charge is 0.201 e. The normalized spacial score (nSPS) is 12.4. The van der Waals surface area contributed by atoms with E-state index >= 15 is 0 Å². The fraction of sp³-hybridized carbons (Fsp3) is 0.250. The summed E-state index contributed by atoms with van der Waals surface area (Å²) in [5.74, 6) is 0.837. The Balaban J connectivity index is 1.62. The molecular weight excluding hydrogens is 264 g/mol. The van der Waals surface area contributed by atoms with Gasteiger partial charge in [-0.2, -0.15) is 0 Å². The molecule has 0 amide bonds. The van der Waals surface area contributed by atoms with E-state index in [1.807, 2.05) is 42.5 Å². The lowest BCUT2D eigenvalue weighted by Gasteiger charge is -2.14. The molecule has 0 spiro atoms. The molecule has 3 aromatic rings. The van der Waals surface area contributed by atoms with E-state index in [1.54, 1.807) is 6.20 Å². The maximum absolute atomic E-state index is 9.51. The van der Waals surface area contributed by atoms with Crippen LogP contribution in [-0.4, -0.2) is 33.2 Å². The van der Waals surface area contributed by atoms with Gasteiger partial charge in [-0.3, -0.25) is 4.98 Å². The second-order valence-corrected chi connectivity index (χ2v) is 5.06. The Hall–Kier alpha value is -2.40. The van der Waals surface area contributed by atoms with Crippen LogP contribution in [0.2, 0.25) is 0 Å². The third kappa shape index (κ3) is 3.38. The molecule has 21 heavy (non-hydrogen) atoms. The number of hydrogen-bond acceptors (Lipinski definition) is 4. The number of benzene rings is 1. The van der Waals surface area contributed by atoms with Gasteiger partial charge in [0.25, 0.3) is 0 Å². The average Bonchev–Trinajstić information content (AvgIpc) is 2.95. The van der Waals surface area contributed by atoms with Crippen LogP contribution in [0.4, 0.5) is 5.95 Å². The molecule has 0 aliphatic rings. The van der Waals surface area contributed by atoms with Crippen molar-refractivity contribution in [2.75, 3.05) is 18.5 Å². The van der Waals surface area contributed by atoms with Crippen LogP contribution in [0.5, 0.6) is 0 Å². The van der Waals surface area contributed by atoms with Gasteiger partial charge in [-0.05, 0) is 30.7 Å². The van der Waals surface area contributed by atoms with E-state index in [2.05, 4.69) is 20.3 Å². The molecule has 0 aliphatic carbocycles. The molecule has 5 nitrogen and oxygen atoms in total. The molecule has 0 saturated carbocycles. The number of aliphatic hydroxyl groups is 1. The van der Waals surface area contributed by atoms with Crippen molar-refractivity contribution < 1.29 is 5.11 Å². The van der Waals surface area contributed by atoms with Crippen molar-refractivity contribution in [1.29, 1.82) is 0 Å². The first-order valence-corrected chi connectivity index (χ1v) is 7.04. The van der Waals surface area contributed by atoms with Gasteiger partial charge in [0, 0.05) is 31.0 Å². The van der Waals surface area contributed by atoms with Crippen molar-refractivity contribution in [3.8, 4) is 0 Å². The molecular formula is C16H18N4O. The van der Waals surface area contributed by atoms with E-state index in [1.165, 1.54) is 0 Å². The van der Waals surface area contributed by atoms with Crippen molar-refractivity contribution in [3.63, 3.8) is 0 Å². The molecule has 2 heterocycles. The number of nitrogens with one attached hydrogen (secondary N) is 2. The van der Waals surface area contributed by atoms with Crippen LogP contribution in [0.25, 0.3) is 11.0 Å². The van der Waals surface area contributed by atoms with Gasteiger partial charge >= 0.3 is 0 Å². The lowest BCUT2D eigenvalue weighted by Crippen LogP contribution is -2.21. The number of rotatable bonds is 6. The van der Waals surface area contributed by atoms with Crippen molar-refractivity contribution in [1.82, 2.24) is 15.0 Å². The fourth-order valence-electron chi connectivity index (χ4n) is 2.29. The maximum atomic E-state index is 9.51. The Morgan fingerprint density at radius 3 is 2.76 bits per heavy atom. The minimum Gasteiger partial charge on any atom is -0.396 e. The van der Waals surface area contributed by atoms with Crippen LogP contribution in [0.3, 0.4) is 0 Å². The zero-order valence-electron chi connectivity index (χ0n) is 11.7. The topological polar surface area (TPSA) is 73.8 Å². The summed E-state index contributed by atoms with van der Waals surface area (Å²) < 4.78 is 0. The van der Waals surface area contributed by atoms with E-state index < -0.39 is 0 Å². The van der Waals surface area contributed by atoms with Crippen LogP contribution < -0.4 is 5.32 Å². The summed E-state index contributed by atoms with van der Waals surface area (Å²) in [6.07, 6.45) is 2.51. The van der Waals surface area contributed by atoms with Crippen molar-refractivity contribution in [2.24, 2.45) is 5.92 Å². The quantitative estimate of drug-likeness (QED) is 0.648. The molecule has 0 aliphatic heterocycles. The van der Waals surface area contributed by atoms with Crippen molar-refractivity contribution in [2.45, 2.75) is 6.42 Å². The van der Waals surface area contributed by atoms with Gasteiger partial charge in [0.1, 0.15) is 0 Å². The lowest BCUT2D eigenvalue weighted by molar-refractivity contribution is 0.231. The Labute approximate surface area is 123 Å². The van der Waals surface area contributed by atoms with Gasteiger partial charge in [0.2, 0.25) is 5.95 Å². The largest absolute Gasteiger partial charge is 0.396 e. The maximum Gasteiger partial charge on any atom is 0.201 e. The van der Waals surface area contributed by atoms with Crippen LogP contribution in [-0.2, 0) is 6.42 Å². The molecule has 0 fully saturated rings. The van der Waals surface area contributed by atoms with Crippen LogP contribution in [0.15, 0.2) is 48.7 Å². The number of fused-ring (bicyclic) bond motifs is 1. The number of H-pyrrole nitrogens is 1. The number of aromatic nitrogens is 3. The van der Waals surface area contributed by atoms with E-state index in [9.17, 15) is 5.11 Å². The van der Waals surface area contributed by atoms with E-state index in [0.717, 1.165) is 29.1 Å². The van der Waals surface area contributed by atoms with Gasteiger partial charge < -0.3 is 15.4 Å². The van der Waals surface area contributed by atoms with E-state index in [0.29, 0.717) is 6.54 Å². The number of anilines is 1. The first-order valence-electron chi connectivity index (χ1n) is 7.04. The molecule has 3 N–H and O–H groups in total. The van der Waals surface area contributed by atoms with Gasteiger partial charge in [-0.1, -0.05) is 18.2 Å². The van der Waals surface area contributed by atoms with Crippen LogP contribution in [0.1, 0.15) is 5.69 Å². The third-order valence-corrected chi connectivity index (χ3v) is 3.43. The van der Waals surface area contributed by atoms with Crippen LogP contribution in [0, 0.1) is 5.92 Å². The van der Waals surface area contributed by atoms with Crippen molar-refractivity contribution in [3.05, 3.63) is 54.4 Å². The highest BCUT2D eigenvalue weighted by Gasteiger charge is 2.10. The number of hydrogen-bond donors (Lipinski definition) is 3. The molecule has 108 valence electrons. The molecule has 0 radical (unpaired) electrons. The second-order valence-electron chi connectivity index (χ2n) is 5.06. The molecule has 2 aromatic heterocycles. The Bertz CT molecular complexity index is 663. The SMILES string of the molecule is OCC(CNc1nc2ccccc2[nH]1)Cc1ccccn1. The van der Waals surface area contributed by atoms with Gasteiger partial charge in [0.15, 0.2) is 0 Å². The summed E-state index contributed by atoms with van der Waals surface area (Å²) in [6.45, 7) is 0.761. The van der Waals surface area contributed by atoms with E-state index in [-0.39, 0.29) is 12.5 Å². The first-order chi connectivity index (χ1) is 10.3. The molecule has 1 atom stereocenters. The number of nitrogens with zero attached hydrogens (tertiary/aromatic N) is 2. The summed E-state index contributed by atoms with van der Waals surface area (Å²) >= 11 is 0. The highest BCUT2D eigenvalue weighted by atomic mass is 16.3. The monoisotopic (exact) mass is 282 g/mol. The minimum absolute atomic E-state index is 0.105. The summed E-state index contributed by atoms with van der Waals surface area (Å²) in [5, 5.41) is 12.8. The second kappa shape index (κ2) is 6.37. The first kappa shape index (κ1) is 13.6. The molecule has 1 unspecified atom stereocenters. The standard InChI is InChI=1S/C16H18N4O/c21-11-12(9-13-5-3-4-8-17-13)10-18-16-19-14-6-1-2-7-15(14)20-16/h1-8,12,21H,9-11H2,(H2,18,19,20). The summed E-state index contributed by atoms with van der Waals surface area (Å²) in [4.78, 5) is 12.0. The summed E-state index contributed by atoms with van der Waals surface area (Å²) in [6, 6.07) is 13.7. The number of imidazole rings is 1. The summed E-state index contributed by atoms with van der Waals surface area (Å²) in [7, 11) is 0. The molecule has 1 aromatic carbocycles. The van der Waals surface area contributed by atoms with Gasteiger partial charge in [-0.15, -0.1) is 0 Å².